The second-order valence-electron chi connectivity index (χ2n) is 5.54. The molecule has 0 spiro atoms. The number of carbonyl (C=O) groups excluding carboxylic acids is 1. The van der Waals surface area contributed by atoms with Crippen LogP contribution in [0.25, 0.3) is 0 Å². The van der Waals surface area contributed by atoms with Gasteiger partial charge in [0, 0.05) is 18.1 Å². The molecule has 19 heavy (non-hydrogen) atoms. The second kappa shape index (κ2) is 6.92. The van der Waals surface area contributed by atoms with E-state index in [1.165, 1.54) is 0 Å². The van der Waals surface area contributed by atoms with E-state index in [4.69, 9.17) is 17.3 Å². The average Bonchev–Trinajstić information content (AvgIpc) is 2.38. The Bertz CT molecular complexity index is 432. The summed E-state index contributed by atoms with van der Waals surface area (Å²) < 4.78 is 0. The Morgan fingerprint density at radius 2 is 2.00 bits per heavy atom. The summed E-state index contributed by atoms with van der Waals surface area (Å²) in [5, 5.41) is 0.644. The number of nitrogens with two attached hydrogens (primary N) is 1. The van der Waals surface area contributed by atoms with Crippen LogP contribution in [0.5, 0.6) is 0 Å². The number of rotatable bonds is 6. The number of likely N-dealkylation sites (N-methyl/N-ethyl adjacent to an activating group) is 1. The topological polar surface area (TPSA) is 46.3 Å². The van der Waals surface area contributed by atoms with Crippen molar-refractivity contribution in [3.8, 4) is 0 Å². The van der Waals surface area contributed by atoms with Crippen LogP contribution in [0.2, 0.25) is 5.02 Å². The van der Waals surface area contributed by atoms with Gasteiger partial charge in [-0.25, -0.2) is 0 Å². The summed E-state index contributed by atoms with van der Waals surface area (Å²) >= 11 is 6.09. The zero-order chi connectivity index (χ0) is 14.5. The lowest BCUT2D eigenvalue weighted by Crippen LogP contribution is -2.42. The number of nitrogens with zero attached hydrogens (tertiary/aromatic N) is 1. The lowest BCUT2D eigenvalue weighted by atomic mass is 9.93. The molecule has 0 radical (unpaired) electrons. The van der Waals surface area contributed by atoms with E-state index in [9.17, 15) is 4.79 Å². The van der Waals surface area contributed by atoms with Crippen LogP contribution >= 0.6 is 11.6 Å². The van der Waals surface area contributed by atoms with Crippen molar-refractivity contribution in [2.24, 2.45) is 11.1 Å². The fraction of sp³-hybridized carbons (Fsp3) is 0.533. The molecular formula is C15H23ClN2O. The molecule has 0 heterocycles. The fourth-order valence-corrected chi connectivity index (χ4v) is 2.08. The molecule has 0 saturated heterocycles. The first-order valence-electron chi connectivity index (χ1n) is 6.61. The minimum absolute atomic E-state index is 0.0633. The molecule has 0 atom stereocenters. The van der Waals surface area contributed by atoms with Gasteiger partial charge >= 0.3 is 0 Å². The Kier molecular flexibility index (Phi) is 5.83. The maximum Gasteiger partial charge on any atom is 0.227 e. The molecule has 0 aromatic heterocycles. The lowest BCUT2D eigenvalue weighted by Gasteiger charge is -2.31. The zero-order valence-corrected chi connectivity index (χ0v) is 12.7. The number of hydrogen-bond donors (Lipinski definition) is 1. The number of halogens is 1. The van der Waals surface area contributed by atoms with Crippen LogP contribution in [0.15, 0.2) is 24.3 Å². The van der Waals surface area contributed by atoms with Crippen LogP contribution < -0.4 is 5.73 Å². The van der Waals surface area contributed by atoms with Gasteiger partial charge < -0.3 is 10.6 Å². The van der Waals surface area contributed by atoms with E-state index in [-0.39, 0.29) is 11.3 Å². The van der Waals surface area contributed by atoms with Gasteiger partial charge in [-0.05, 0) is 30.5 Å². The highest BCUT2D eigenvalue weighted by molar-refractivity contribution is 6.31. The molecule has 0 saturated carbocycles. The summed E-state index contributed by atoms with van der Waals surface area (Å²) in [5.74, 6) is 0.0946. The van der Waals surface area contributed by atoms with Crippen LogP contribution in [-0.4, -0.2) is 30.4 Å². The Morgan fingerprint density at radius 3 is 2.53 bits per heavy atom. The van der Waals surface area contributed by atoms with Gasteiger partial charge in [-0.3, -0.25) is 4.79 Å². The highest BCUT2D eigenvalue weighted by Gasteiger charge is 2.23. The van der Waals surface area contributed by atoms with Crippen molar-refractivity contribution in [2.75, 3.05) is 19.6 Å². The Hall–Kier alpha value is -1.06. The monoisotopic (exact) mass is 282 g/mol. The number of amides is 1. The Morgan fingerprint density at radius 1 is 1.37 bits per heavy atom. The molecule has 0 unspecified atom stereocenters. The van der Waals surface area contributed by atoms with Crippen LogP contribution in [0.3, 0.4) is 0 Å². The summed E-state index contributed by atoms with van der Waals surface area (Å²) in [6, 6.07) is 7.46. The molecule has 0 aliphatic carbocycles. The van der Waals surface area contributed by atoms with Gasteiger partial charge in [-0.2, -0.15) is 0 Å². The molecule has 0 aliphatic rings. The first-order chi connectivity index (χ1) is 8.89. The largest absolute Gasteiger partial charge is 0.342 e. The van der Waals surface area contributed by atoms with Crippen molar-refractivity contribution < 1.29 is 4.79 Å². The summed E-state index contributed by atoms with van der Waals surface area (Å²) in [6.07, 6.45) is 0.341. The van der Waals surface area contributed by atoms with Crippen LogP contribution in [0, 0.1) is 5.41 Å². The fourth-order valence-electron chi connectivity index (χ4n) is 1.87. The molecule has 1 rings (SSSR count). The summed E-state index contributed by atoms with van der Waals surface area (Å²) in [7, 11) is 0. The van der Waals surface area contributed by atoms with Crippen molar-refractivity contribution >= 4 is 17.5 Å². The first kappa shape index (κ1) is 16.0. The third-order valence-electron chi connectivity index (χ3n) is 3.21. The van der Waals surface area contributed by atoms with E-state index < -0.39 is 0 Å². The van der Waals surface area contributed by atoms with Crippen molar-refractivity contribution in [2.45, 2.75) is 27.2 Å². The van der Waals surface area contributed by atoms with Gasteiger partial charge in [0.1, 0.15) is 0 Å². The predicted octanol–water partition coefficient (Wildman–Crippen LogP) is 2.72. The van der Waals surface area contributed by atoms with Gasteiger partial charge in [-0.1, -0.05) is 43.6 Å². The number of carbonyl (C=O) groups is 1. The summed E-state index contributed by atoms with van der Waals surface area (Å²) in [4.78, 5) is 14.2. The van der Waals surface area contributed by atoms with Gasteiger partial charge in [0.25, 0.3) is 0 Å². The maximum absolute atomic E-state index is 12.3. The van der Waals surface area contributed by atoms with E-state index in [1.54, 1.807) is 0 Å². The van der Waals surface area contributed by atoms with Crippen molar-refractivity contribution in [3.63, 3.8) is 0 Å². The molecule has 1 aromatic rings. The molecule has 2 N–H and O–H groups in total. The highest BCUT2D eigenvalue weighted by atomic mass is 35.5. The minimum atomic E-state index is -0.0633. The van der Waals surface area contributed by atoms with Crippen LogP contribution in [-0.2, 0) is 11.2 Å². The molecule has 3 nitrogen and oxygen atoms in total. The van der Waals surface area contributed by atoms with E-state index in [1.807, 2.05) is 36.1 Å². The van der Waals surface area contributed by atoms with Gasteiger partial charge in [0.05, 0.1) is 6.42 Å². The molecule has 0 aliphatic heterocycles. The van der Waals surface area contributed by atoms with E-state index in [0.717, 1.165) is 5.56 Å². The molecule has 4 heteroatoms. The predicted molar refractivity (Wildman–Crippen MR) is 80.2 cm³/mol. The van der Waals surface area contributed by atoms with Gasteiger partial charge in [0.2, 0.25) is 5.91 Å². The lowest BCUT2D eigenvalue weighted by molar-refractivity contribution is -0.131. The van der Waals surface area contributed by atoms with E-state index in [2.05, 4.69) is 13.8 Å². The summed E-state index contributed by atoms with van der Waals surface area (Å²) in [6.45, 7) is 8.03. The number of benzene rings is 1. The third kappa shape index (κ3) is 4.84. The second-order valence-corrected chi connectivity index (χ2v) is 5.95. The maximum atomic E-state index is 12.3. The Balaban J connectivity index is 2.72. The smallest absolute Gasteiger partial charge is 0.227 e. The van der Waals surface area contributed by atoms with Crippen molar-refractivity contribution in [3.05, 3.63) is 34.9 Å². The standard InChI is InChI=1S/C15H23ClN2O/c1-4-18(11-15(2,3)10-17)14(19)9-12-7-5-6-8-13(12)16/h5-8H,4,9-11,17H2,1-3H3. The molecular weight excluding hydrogens is 260 g/mol. The first-order valence-corrected chi connectivity index (χ1v) is 6.98. The Labute approximate surface area is 120 Å². The van der Waals surface area contributed by atoms with Crippen LogP contribution in [0.1, 0.15) is 26.3 Å². The van der Waals surface area contributed by atoms with Gasteiger partial charge in [0.15, 0.2) is 0 Å². The minimum Gasteiger partial charge on any atom is -0.342 e. The highest BCUT2D eigenvalue weighted by Crippen LogP contribution is 2.19. The van der Waals surface area contributed by atoms with E-state index in [0.29, 0.717) is 31.1 Å². The van der Waals surface area contributed by atoms with Gasteiger partial charge in [-0.15, -0.1) is 0 Å². The average molecular weight is 283 g/mol. The third-order valence-corrected chi connectivity index (χ3v) is 3.57. The summed E-state index contributed by atoms with van der Waals surface area (Å²) in [5.41, 5.74) is 6.54. The van der Waals surface area contributed by atoms with Crippen molar-refractivity contribution in [1.29, 1.82) is 0 Å². The zero-order valence-electron chi connectivity index (χ0n) is 11.9. The SMILES string of the molecule is CCN(CC(C)(C)CN)C(=O)Cc1ccccc1Cl. The quantitative estimate of drug-likeness (QED) is 0.872. The molecule has 0 fully saturated rings. The van der Waals surface area contributed by atoms with Crippen LogP contribution in [0.4, 0.5) is 0 Å². The molecule has 1 amide bonds. The molecule has 1 aromatic carbocycles. The number of hydrogen-bond acceptors (Lipinski definition) is 2. The van der Waals surface area contributed by atoms with Crippen molar-refractivity contribution in [1.82, 2.24) is 4.90 Å². The molecule has 106 valence electrons. The normalized spacial score (nSPS) is 11.4. The van der Waals surface area contributed by atoms with E-state index >= 15 is 0 Å². The molecule has 0 bridgehead atoms.